The number of halogens is 1. The normalized spacial score (nSPS) is 19.5. The smallest absolute Gasteiger partial charge is 0.258 e. The first-order chi connectivity index (χ1) is 11.0. The molecule has 5 nitrogen and oxygen atoms in total. The predicted molar refractivity (Wildman–Crippen MR) is 88.9 cm³/mol. The molecule has 3 rings (SSSR count). The van der Waals surface area contributed by atoms with Crippen LogP contribution in [0.1, 0.15) is 29.3 Å². The Balaban J connectivity index is 1.51. The molecule has 2 atom stereocenters. The van der Waals surface area contributed by atoms with Crippen molar-refractivity contribution >= 4 is 17.5 Å². The number of carbonyl (C=O) groups excluding carboxylic acids is 1. The van der Waals surface area contributed by atoms with E-state index >= 15 is 0 Å². The van der Waals surface area contributed by atoms with Crippen molar-refractivity contribution in [1.82, 2.24) is 15.1 Å². The van der Waals surface area contributed by atoms with Gasteiger partial charge in [-0.3, -0.25) is 9.48 Å². The average molecular weight is 334 g/mol. The maximum Gasteiger partial charge on any atom is 0.258 e. The van der Waals surface area contributed by atoms with Gasteiger partial charge >= 0.3 is 0 Å². The molecular weight excluding hydrogens is 314 g/mol. The Morgan fingerprint density at radius 1 is 1.48 bits per heavy atom. The number of hydrogen-bond donors (Lipinski definition) is 1. The summed E-state index contributed by atoms with van der Waals surface area (Å²) in [6.45, 7) is 3.80. The molecule has 6 heteroatoms. The standard InChI is InChI=1S/C17H20ClN3O2/c1-10-17(11(2)21(3)20-10)23-9-16(22)19-15-8-14(15)12-5-4-6-13(18)7-12/h4-7,14-15H,8-9H2,1-3H3,(H,19,22)/t14-,15+/m1/s1. The highest BCUT2D eigenvalue weighted by molar-refractivity contribution is 6.30. The summed E-state index contributed by atoms with van der Waals surface area (Å²) in [5.74, 6) is 0.923. The summed E-state index contributed by atoms with van der Waals surface area (Å²) in [5, 5.41) is 8.00. The monoisotopic (exact) mass is 333 g/mol. The number of carbonyl (C=O) groups is 1. The second-order valence-corrected chi connectivity index (χ2v) is 6.42. The van der Waals surface area contributed by atoms with Crippen LogP contribution in [0.2, 0.25) is 5.02 Å². The molecule has 1 aromatic carbocycles. The van der Waals surface area contributed by atoms with E-state index in [0.29, 0.717) is 11.7 Å². The Morgan fingerprint density at radius 3 is 2.91 bits per heavy atom. The van der Waals surface area contributed by atoms with Crippen molar-refractivity contribution in [1.29, 1.82) is 0 Å². The molecule has 1 saturated carbocycles. The van der Waals surface area contributed by atoms with E-state index in [-0.39, 0.29) is 18.6 Å². The van der Waals surface area contributed by atoms with Crippen LogP contribution in [0, 0.1) is 13.8 Å². The van der Waals surface area contributed by atoms with E-state index in [1.807, 2.05) is 45.2 Å². The molecule has 0 unspecified atom stereocenters. The maximum atomic E-state index is 12.1. The fraction of sp³-hybridized carbons (Fsp3) is 0.412. The van der Waals surface area contributed by atoms with E-state index in [1.54, 1.807) is 4.68 Å². The molecule has 0 aliphatic heterocycles. The molecule has 0 bridgehead atoms. The summed E-state index contributed by atoms with van der Waals surface area (Å²) in [6, 6.07) is 7.96. The summed E-state index contributed by atoms with van der Waals surface area (Å²) < 4.78 is 7.37. The lowest BCUT2D eigenvalue weighted by atomic mass is 10.1. The minimum absolute atomic E-state index is 0.00609. The summed E-state index contributed by atoms with van der Waals surface area (Å²) in [4.78, 5) is 12.1. The Bertz CT molecular complexity index is 741. The molecule has 1 aliphatic rings. The van der Waals surface area contributed by atoms with Crippen LogP contribution < -0.4 is 10.1 Å². The third-order valence-electron chi connectivity index (χ3n) is 4.20. The van der Waals surface area contributed by atoms with Crippen LogP contribution in [0.5, 0.6) is 5.75 Å². The molecular formula is C17H20ClN3O2. The van der Waals surface area contributed by atoms with Crippen molar-refractivity contribution in [3.63, 3.8) is 0 Å². The molecule has 0 radical (unpaired) electrons. The first-order valence-electron chi connectivity index (χ1n) is 7.63. The Kier molecular flexibility index (Phi) is 4.31. The highest BCUT2D eigenvalue weighted by atomic mass is 35.5. The third kappa shape index (κ3) is 3.50. The van der Waals surface area contributed by atoms with Crippen LogP contribution >= 0.6 is 11.6 Å². The SMILES string of the molecule is Cc1nn(C)c(C)c1OCC(=O)N[C@H]1C[C@@H]1c1cccc(Cl)c1. The second kappa shape index (κ2) is 6.24. The van der Waals surface area contributed by atoms with Gasteiger partial charge in [-0.05, 0) is 38.0 Å². The lowest BCUT2D eigenvalue weighted by Crippen LogP contribution is -2.31. The van der Waals surface area contributed by atoms with Gasteiger partial charge in [0.2, 0.25) is 0 Å². The molecule has 1 aliphatic carbocycles. The van der Waals surface area contributed by atoms with E-state index < -0.39 is 0 Å². The highest BCUT2D eigenvalue weighted by Gasteiger charge is 2.39. The van der Waals surface area contributed by atoms with Gasteiger partial charge in [0.1, 0.15) is 5.69 Å². The Morgan fingerprint density at radius 2 is 2.26 bits per heavy atom. The number of nitrogens with one attached hydrogen (secondary N) is 1. The zero-order chi connectivity index (χ0) is 16.6. The van der Waals surface area contributed by atoms with Gasteiger partial charge in [0, 0.05) is 24.0 Å². The van der Waals surface area contributed by atoms with E-state index in [4.69, 9.17) is 16.3 Å². The number of nitrogens with zero attached hydrogens (tertiary/aromatic N) is 2. The van der Waals surface area contributed by atoms with Gasteiger partial charge in [-0.2, -0.15) is 5.10 Å². The quantitative estimate of drug-likeness (QED) is 0.915. The second-order valence-electron chi connectivity index (χ2n) is 5.98. The number of benzene rings is 1. The molecule has 122 valence electrons. The summed E-state index contributed by atoms with van der Waals surface area (Å²) >= 11 is 6.00. The number of aryl methyl sites for hydroxylation is 2. The number of ether oxygens (including phenoxy) is 1. The minimum atomic E-state index is -0.109. The topological polar surface area (TPSA) is 56.2 Å². The largest absolute Gasteiger partial charge is 0.480 e. The molecule has 0 spiro atoms. The summed E-state index contributed by atoms with van der Waals surface area (Å²) in [7, 11) is 1.86. The zero-order valence-corrected chi connectivity index (χ0v) is 14.2. The van der Waals surface area contributed by atoms with Gasteiger partial charge in [-0.1, -0.05) is 23.7 Å². The predicted octanol–water partition coefficient (Wildman–Crippen LogP) is 2.74. The fourth-order valence-corrected chi connectivity index (χ4v) is 3.01. The van der Waals surface area contributed by atoms with E-state index in [0.717, 1.165) is 22.8 Å². The van der Waals surface area contributed by atoms with Crippen LogP contribution in [-0.2, 0) is 11.8 Å². The molecule has 1 fully saturated rings. The number of hydrogen-bond acceptors (Lipinski definition) is 3. The van der Waals surface area contributed by atoms with Gasteiger partial charge in [0.05, 0.1) is 5.69 Å². The molecule has 1 amide bonds. The maximum absolute atomic E-state index is 12.1. The Hall–Kier alpha value is -2.01. The van der Waals surface area contributed by atoms with Gasteiger partial charge < -0.3 is 10.1 Å². The summed E-state index contributed by atoms with van der Waals surface area (Å²) in [6.07, 6.45) is 0.941. The van der Waals surface area contributed by atoms with Gasteiger partial charge in [-0.15, -0.1) is 0 Å². The van der Waals surface area contributed by atoms with Crippen molar-refractivity contribution in [3.05, 3.63) is 46.2 Å². The van der Waals surface area contributed by atoms with Crippen LogP contribution in [0.3, 0.4) is 0 Å². The lowest BCUT2D eigenvalue weighted by molar-refractivity contribution is -0.123. The van der Waals surface area contributed by atoms with Crippen molar-refractivity contribution in [2.24, 2.45) is 7.05 Å². The number of rotatable bonds is 5. The lowest BCUT2D eigenvalue weighted by Gasteiger charge is -2.08. The first-order valence-corrected chi connectivity index (χ1v) is 8.01. The van der Waals surface area contributed by atoms with E-state index in [1.165, 1.54) is 5.56 Å². The van der Waals surface area contributed by atoms with Crippen molar-refractivity contribution in [3.8, 4) is 5.75 Å². The third-order valence-corrected chi connectivity index (χ3v) is 4.44. The van der Waals surface area contributed by atoms with Gasteiger partial charge in [0.15, 0.2) is 12.4 Å². The minimum Gasteiger partial charge on any atom is -0.480 e. The fourth-order valence-electron chi connectivity index (χ4n) is 2.81. The molecule has 0 saturated heterocycles. The molecule has 1 aromatic heterocycles. The van der Waals surface area contributed by atoms with Crippen molar-refractivity contribution in [2.75, 3.05) is 6.61 Å². The molecule has 1 heterocycles. The van der Waals surface area contributed by atoms with E-state index in [2.05, 4.69) is 10.4 Å². The first kappa shape index (κ1) is 15.9. The molecule has 1 N–H and O–H groups in total. The Labute approximate surface area is 140 Å². The van der Waals surface area contributed by atoms with Crippen LogP contribution in [0.15, 0.2) is 24.3 Å². The van der Waals surface area contributed by atoms with Crippen LogP contribution in [0.25, 0.3) is 0 Å². The van der Waals surface area contributed by atoms with Crippen molar-refractivity contribution in [2.45, 2.75) is 32.2 Å². The average Bonchev–Trinajstić information content (AvgIpc) is 3.21. The number of aromatic nitrogens is 2. The molecule has 2 aromatic rings. The van der Waals surface area contributed by atoms with Crippen LogP contribution in [-0.4, -0.2) is 28.3 Å². The van der Waals surface area contributed by atoms with E-state index in [9.17, 15) is 4.79 Å². The van der Waals surface area contributed by atoms with Gasteiger partial charge in [-0.25, -0.2) is 0 Å². The molecule has 23 heavy (non-hydrogen) atoms. The van der Waals surface area contributed by atoms with Crippen LogP contribution in [0.4, 0.5) is 0 Å². The summed E-state index contributed by atoms with van der Waals surface area (Å²) in [5.41, 5.74) is 2.88. The highest BCUT2D eigenvalue weighted by Crippen LogP contribution is 2.41. The van der Waals surface area contributed by atoms with Gasteiger partial charge in [0.25, 0.3) is 5.91 Å². The zero-order valence-electron chi connectivity index (χ0n) is 13.5. The van der Waals surface area contributed by atoms with Crippen molar-refractivity contribution < 1.29 is 9.53 Å². The number of amides is 1.